The Morgan fingerprint density at radius 1 is 1.38 bits per heavy atom. The maximum absolute atomic E-state index is 11.0. The van der Waals surface area contributed by atoms with E-state index in [0.717, 1.165) is 0 Å². The van der Waals surface area contributed by atoms with Crippen molar-refractivity contribution in [1.29, 1.82) is 0 Å². The largest absolute Gasteiger partial charge is 0.479 e. The number of hydrogen-bond donors (Lipinski definition) is 1. The topological polar surface area (TPSA) is 95.3 Å². The first-order valence-corrected chi connectivity index (χ1v) is 5.38. The highest BCUT2D eigenvalue weighted by molar-refractivity contribution is 5.72. The Kier molecular flexibility index (Phi) is 4.15. The second kappa shape index (κ2) is 5.18. The average molecular weight is 227 g/mol. The molecule has 0 bridgehead atoms. The van der Waals surface area contributed by atoms with Gasteiger partial charge in [0.15, 0.2) is 6.10 Å². The molecule has 0 aromatic rings. The van der Waals surface area contributed by atoms with Crippen molar-refractivity contribution < 1.29 is 14.6 Å². The van der Waals surface area contributed by atoms with Crippen molar-refractivity contribution in [3.05, 3.63) is 10.4 Å². The van der Waals surface area contributed by atoms with Crippen molar-refractivity contribution >= 4 is 5.97 Å². The zero-order valence-electron chi connectivity index (χ0n) is 9.70. The first-order valence-electron chi connectivity index (χ1n) is 5.38. The van der Waals surface area contributed by atoms with E-state index in [1.54, 1.807) is 0 Å². The van der Waals surface area contributed by atoms with Crippen LogP contribution in [0.3, 0.4) is 0 Å². The van der Waals surface area contributed by atoms with Gasteiger partial charge >= 0.3 is 5.97 Å². The molecule has 90 valence electrons. The Balaban J connectivity index is 2.80. The van der Waals surface area contributed by atoms with Crippen LogP contribution in [0.25, 0.3) is 10.4 Å². The van der Waals surface area contributed by atoms with Gasteiger partial charge in [0.1, 0.15) is 0 Å². The van der Waals surface area contributed by atoms with Gasteiger partial charge in [-0.3, -0.25) is 0 Å². The Labute approximate surface area is 94.2 Å². The number of ether oxygens (including phenoxy) is 1. The van der Waals surface area contributed by atoms with E-state index in [4.69, 9.17) is 15.4 Å². The highest BCUT2D eigenvalue weighted by atomic mass is 16.5. The molecule has 0 unspecified atom stereocenters. The van der Waals surface area contributed by atoms with Crippen molar-refractivity contribution in [3.63, 3.8) is 0 Å². The Morgan fingerprint density at radius 2 is 2.00 bits per heavy atom. The van der Waals surface area contributed by atoms with E-state index < -0.39 is 12.1 Å². The fourth-order valence-electron chi connectivity index (χ4n) is 2.14. The molecule has 1 heterocycles. The maximum atomic E-state index is 11.0. The van der Waals surface area contributed by atoms with Crippen molar-refractivity contribution in [2.24, 2.45) is 22.9 Å². The number of aliphatic carboxylic acids is 1. The summed E-state index contributed by atoms with van der Waals surface area (Å²) in [4.78, 5) is 13.7. The molecule has 1 rings (SSSR count). The monoisotopic (exact) mass is 227 g/mol. The van der Waals surface area contributed by atoms with Gasteiger partial charge in [0.2, 0.25) is 0 Å². The number of hydrogen-bond acceptors (Lipinski definition) is 3. The second-order valence-corrected chi connectivity index (χ2v) is 4.42. The molecule has 16 heavy (non-hydrogen) atoms. The molecule has 0 radical (unpaired) electrons. The Hall–Kier alpha value is -1.26. The van der Waals surface area contributed by atoms with Crippen molar-refractivity contribution in [3.8, 4) is 0 Å². The van der Waals surface area contributed by atoms with E-state index in [1.165, 1.54) is 0 Å². The third-order valence-corrected chi connectivity index (χ3v) is 3.61. The van der Waals surface area contributed by atoms with E-state index in [-0.39, 0.29) is 30.4 Å². The quantitative estimate of drug-likeness (QED) is 0.454. The molecule has 6 heteroatoms. The zero-order chi connectivity index (χ0) is 12.3. The third-order valence-electron chi connectivity index (χ3n) is 3.61. The molecule has 0 spiro atoms. The molecule has 1 aliphatic rings. The van der Waals surface area contributed by atoms with Crippen molar-refractivity contribution in [1.82, 2.24) is 0 Å². The predicted molar refractivity (Wildman–Crippen MR) is 57.8 cm³/mol. The van der Waals surface area contributed by atoms with E-state index in [1.807, 2.05) is 20.8 Å². The number of carboxylic acid groups (broad SMARTS) is 1. The lowest BCUT2D eigenvalue weighted by atomic mass is 9.76. The smallest absolute Gasteiger partial charge is 0.333 e. The summed E-state index contributed by atoms with van der Waals surface area (Å²) in [7, 11) is 0. The van der Waals surface area contributed by atoms with Gasteiger partial charge in [-0.05, 0) is 23.3 Å². The summed E-state index contributed by atoms with van der Waals surface area (Å²) in [6.45, 7) is 6.08. The summed E-state index contributed by atoms with van der Waals surface area (Å²) < 4.78 is 5.48. The SMILES string of the molecule is C[C@H]1[C@@H](C)[C@@H](CN=[N+]=[N-])O[C@@H](C(=O)O)[C@@H]1C. The van der Waals surface area contributed by atoms with E-state index in [2.05, 4.69) is 10.0 Å². The van der Waals surface area contributed by atoms with Gasteiger partial charge in [0.25, 0.3) is 0 Å². The summed E-state index contributed by atoms with van der Waals surface area (Å²) in [5.41, 5.74) is 8.26. The van der Waals surface area contributed by atoms with Crippen LogP contribution in [0.5, 0.6) is 0 Å². The minimum Gasteiger partial charge on any atom is -0.479 e. The number of carboxylic acids is 1. The molecule has 0 saturated carbocycles. The van der Waals surface area contributed by atoms with Crippen LogP contribution in [-0.4, -0.2) is 29.8 Å². The molecule has 0 amide bonds. The van der Waals surface area contributed by atoms with Gasteiger partial charge in [-0.15, -0.1) is 0 Å². The van der Waals surface area contributed by atoms with Crippen LogP contribution in [0.2, 0.25) is 0 Å². The maximum Gasteiger partial charge on any atom is 0.333 e. The van der Waals surface area contributed by atoms with E-state index in [0.29, 0.717) is 0 Å². The molecule has 1 aliphatic heterocycles. The lowest BCUT2D eigenvalue weighted by molar-refractivity contribution is -0.177. The Morgan fingerprint density at radius 3 is 2.50 bits per heavy atom. The molecular formula is C10H17N3O3. The first-order chi connectivity index (χ1) is 7.49. The average Bonchev–Trinajstić information content (AvgIpc) is 2.24. The fraction of sp³-hybridized carbons (Fsp3) is 0.900. The minimum absolute atomic E-state index is 0.0326. The molecule has 6 nitrogen and oxygen atoms in total. The molecule has 1 N–H and O–H groups in total. The first kappa shape index (κ1) is 12.8. The molecule has 0 aliphatic carbocycles. The summed E-state index contributed by atoms with van der Waals surface area (Å²) in [5.74, 6) is -0.558. The molecule has 0 aromatic heterocycles. The number of nitrogens with zero attached hydrogens (tertiary/aromatic N) is 3. The summed E-state index contributed by atoms with van der Waals surface area (Å²) in [6, 6.07) is 0. The number of azide groups is 1. The van der Waals surface area contributed by atoms with Crippen LogP contribution in [-0.2, 0) is 9.53 Å². The molecular weight excluding hydrogens is 210 g/mol. The van der Waals surface area contributed by atoms with Gasteiger partial charge in [0.05, 0.1) is 12.6 Å². The number of rotatable bonds is 3. The van der Waals surface area contributed by atoms with Crippen LogP contribution >= 0.6 is 0 Å². The van der Waals surface area contributed by atoms with Crippen LogP contribution in [0, 0.1) is 17.8 Å². The van der Waals surface area contributed by atoms with Gasteiger partial charge in [0, 0.05) is 4.91 Å². The van der Waals surface area contributed by atoms with Gasteiger partial charge in [-0.1, -0.05) is 25.9 Å². The standard InChI is InChI=1S/C10H17N3O3/c1-5-6(2)8(4-12-13-11)16-9(7(5)3)10(14)15/h5-9H,4H2,1-3H3,(H,14,15)/t5-,6+,7+,8+,9+/m0/s1. The summed E-state index contributed by atoms with van der Waals surface area (Å²) in [5, 5.41) is 12.5. The second-order valence-electron chi connectivity index (χ2n) is 4.42. The van der Waals surface area contributed by atoms with Crippen LogP contribution in [0.4, 0.5) is 0 Å². The van der Waals surface area contributed by atoms with E-state index >= 15 is 0 Å². The highest BCUT2D eigenvalue weighted by Crippen LogP contribution is 2.35. The van der Waals surface area contributed by atoms with Gasteiger partial charge < -0.3 is 9.84 Å². The predicted octanol–water partition coefficient (Wildman–Crippen LogP) is 2.06. The van der Waals surface area contributed by atoms with Gasteiger partial charge in [-0.25, -0.2) is 4.79 Å². The van der Waals surface area contributed by atoms with E-state index in [9.17, 15) is 4.79 Å². The van der Waals surface area contributed by atoms with Crippen molar-refractivity contribution in [2.75, 3.05) is 6.54 Å². The number of carbonyl (C=O) groups is 1. The molecule has 1 saturated heterocycles. The Bertz CT molecular complexity index is 312. The van der Waals surface area contributed by atoms with Crippen molar-refractivity contribution in [2.45, 2.75) is 33.0 Å². The molecule has 5 atom stereocenters. The molecule has 0 aromatic carbocycles. The lowest BCUT2D eigenvalue weighted by Crippen LogP contribution is -2.49. The third kappa shape index (κ3) is 2.46. The summed E-state index contributed by atoms with van der Waals surface area (Å²) in [6.07, 6.45) is -1.10. The fourth-order valence-corrected chi connectivity index (χ4v) is 2.14. The summed E-state index contributed by atoms with van der Waals surface area (Å²) >= 11 is 0. The normalized spacial score (nSPS) is 38.8. The van der Waals surface area contributed by atoms with Crippen LogP contribution in [0.15, 0.2) is 5.11 Å². The molecule has 1 fully saturated rings. The zero-order valence-corrected chi connectivity index (χ0v) is 9.70. The lowest BCUT2D eigenvalue weighted by Gasteiger charge is -2.41. The van der Waals surface area contributed by atoms with Crippen LogP contribution in [0.1, 0.15) is 20.8 Å². The van der Waals surface area contributed by atoms with Gasteiger partial charge in [-0.2, -0.15) is 0 Å². The highest BCUT2D eigenvalue weighted by Gasteiger charge is 2.41. The minimum atomic E-state index is -0.947. The van der Waals surface area contributed by atoms with Crippen LogP contribution < -0.4 is 0 Å².